The van der Waals surface area contributed by atoms with E-state index in [1.165, 1.54) is 0 Å². The summed E-state index contributed by atoms with van der Waals surface area (Å²) in [4.78, 5) is 21.3. The van der Waals surface area contributed by atoms with Gasteiger partial charge in [-0.1, -0.05) is 0 Å². The molecule has 78 valence electrons. The Balaban J connectivity index is 1.99. The fourth-order valence-corrected chi connectivity index (χ4v) is 1.04. The molecule has 15 heavy (non-hydrogen) atoms. The van der Waals surface area contributed by atoms with Crippen LogP contribution in [0.4, 0.5) is 5.95 Å². The Hall–Kier alpha value is -2.18. The number of anilines is 1. The Morgan fingerprint density at radius 1 is 1.40 bits per heavy atom. The van der Waals surface area contributed by atoms with Crippen molar-refractivity contribution in [3.05, 3.63) is 34.3 Å². The summed E-state index contributed by atoms with van der Waals surface area (Å²) in [7, 11) is 0. The molecule has 2 aromatic rings. The van der Waals surface area contributed by atoms with Crippen molar-refractivity contribution in [3.8, 4) is 0 Å². The highest BCUT2D eigenvalue weighted by atomic mass is 16.1. The van der Waals surface area contributed by atoms with Crippen molar-refractivity contribution >= 4 is 5.95 Å². The van der Waals surface area contributed by atoms with E-state index in [0.29, 0.717) is 18.3 Å². The highest BCUT2D eigenvalue weighted by Crippen LogP contribution is 1.99. The van der Waals surface area contributed by atoms with Gasteiger partial charge in [-0.05, 0) is 12.5 Å². The van der Waals surface area contributed by atoms with E-state index in [2.05, 4.69) is 30.5 Å². The van der Waals surface area contributed by atoms with Crippen LogP contribution in [0.1, 0.15) is 11.4 Å². The first-order chi connectivity index (χ1) is 7.24. The van der Waals surface area contributed by atoms with Gasteiger partial charge in [0.15, 0.2) is 0 Å². The normalized spacial score (nSPS) is 10.2. The molecule has 0 radical (unpaired) electrons. The molecular weight excluding hydrogens is 196 g/mol. The fourth-order valence-electron chi connectivity index (χ4n) is 1.04. The molecule has 7 nitrogen and oxygen atoms in total. The number of aryl methyl sites for hydroxylation is 1. The van der Waals surface area contributed by atoms with Gasteiger partial charge in [-0.2, -0.15) is 5.10 Å². The highest BCUT2D eigenvalue weighted by molar-refractivity contribution is 5.24. The second kappa shape index (κ2) is 3.91. The number of hydrogen-bond donors (Lipinski definition) is 3. The topological polar surface area (TPSA) is 99.4 Å². The summed E-state index contributed by atoms with van der Waals surface area (Å²) in [5, 5.41) is 8.94. The van der Waals surface area contributed by atoms with Gasteiger partial charge in [-0.25, -0.2) is 19.9 Å². The Bertz CT molecular complexity index is 484. The molecule has 2 heterocycles. The Kier molecular flexibility index (Phi) is 2.44. The number of nitrogens with zero attached hydrogens (tertiary/aromatic N) is 3. The number of rotatable bonds is 3. The molecule has 0 bridgehead atoms. The van der Waals surface area contributed by atoms with Gasteiger partial charge in [-0.3, -0.25) is 4.98 Å². The molecule has 0 spiro atoms. The summed E-state index contributed by atoms with van der Waals surface area (Å²) in [5.41, 5.74) is 0.672. The van der Waals surface area contributed by atoms with E-state index >= 15 is 0 Å². The fraction of sp³-hybridized carbons (Fsp3) is 0.250. The SMILES string of the molecule is Cc1cnc(NCc2n[nH]c(=O)[nH]2)nc1. The van der Waals surface area contributed by atoms with Crippen molar-refractivity contribution in [3.63, 3.8) is 0 Å². The van der Waals surface area contributed by atoms with Crippen molar-refractivity contribution in [2.24, 2.45) is 0 Å². The van der Waals surface area contributed by atoms with Crippen LogP contribution in [-0.2, 0) is 6.54 Å². The molecule has 0 fully saturated rings. The monoisotopic (exact) mass is 206 g/mol. The number of H-pyrrole nitrogens is 2. The molecule has 0 aliphatic rings. The molecule has 0 saturated heterocycles. The lowest BCUT2D eigenvalue weighted by atomic mass is 10.4. The molecule has 2 aromatic heterocycles. The van der Waals surface area contributed by atoms with E-state index in [1.807, 2.05) is 6.92 Å². The van der Waals surface area contributed by atoms with Crippen molar-refractivity contribution in [2.75, 3.05) is 5.32 Å². The lowest BCUT2D eigenvalue weighted by Gasteiger charge is -2.00. The molecule has 0 unspecified atom stereocenters. The number of aromatic amines is 2. The minimum absolute atomic E-state index is 0.323. The molecule has 0 aliphatic carbocycles. The zero-order chi connectivity index (χ0) is 10.7. The van der Waals surface area contributed by atoms with Crippen molar-refractivity contribution in [1.29, 1.82) is 0 Å². The Labute approximate surface area is 85.0 Å². The van der Waals surface area contributed by atoms with Crippen molar-refractivity contribution < 1.29 is 0 Å². The van der Waals surface area contributed by atoms with Crippen LogP contribution in [0.15, 0.2) is 17.2 Å². The first kappa shape index (κ1) is 9.38. The molecule has 3 N–H and O–H groups in total. The molecule has 0 aromatic carbocycles. The Morgan fingerprint density at radius 3 is 2.73 bits per heavy atom. The largest absolute Gasteiger partial charge is 0.347 e. The molecule has 0 atom stereocenters. The smallest absolute Gasteiger partial charge is 0.340 e. The predicted molar refractivity (Wildman–Crippen MR) is 53.3 cm³/mol. The van der Waals surface area contributed by atoms with Gasteiger partial charge in [-0.15, -0.1) is 0 Å². The summed E-state index contributed by atoms with van der Waals surface area (Å²) in [5.74, 6) is 1.02. The first-order valence-electron chi connectivity index (χ1n) is 4.40. The third kappa shape index (κ3) is 2.39. The predicted octanol–water partition coefficient (Wildman–Crippen LogP) is -0.191. The van der Waals surface area contributed by atoms with E-state index in [9.17, 15) is 4.79 Å². The minimum Gasteiger partial charge on any atom is -0.347 e. The summed E-state index contributed by atoms with van der Waals surface area (Å²) in [6.07, 6.45) is 3.42. The molecule has 0 amide bonds. The zero-order valence-electron chi connectivity index (χ0n) is 8.11. The minimum atomic E-state index is -0.323. The molecule has 7 heteroatoms. The van der Waals surface area contributed by atoms with Crippen LogP contribution in [0.3, 0.4) is 0 Å². The number of nitrogens with one attached hydrogen (secondary N) is 3. The highest BCUT2D eigenvalue weighted by Gasteiger charge is 1.99. The van der Waals surface area contributed by atoms with E-state index in [0.717, 1.165) is 5.56 Å². The van der Waals surface area contributed by atoms with Crippen molar-refractivity contribution in [2.45, 2.75) is 13.5 Å². The molecule has 2 rings (SSSR count). The van der Waals surface area contributed by atoms with Crippen LogP contribution in [0, 0.1) is 6.92 Å². The second-order valence-electron chi connectivity index (χ2n) is 3.06. The maximum atomic E-state index is 10.7. The van der Waals surface area contributed by atoms with Crippen LogP contribution in [0.5, 0.6) is 0 Å². The van der Waals surface area contributed by atoms with Gasteiger partial charge in [0.25, 0.3) is 0 Å². The van der Waals surface area contributed by atoms with E-state index in [4.69, 9.17) is 0 Å². The lowest BCUT2D eigenvalue weighted by Crippen LogP contribution is -2.06. The van der Waals surface area contributed by atoms with Crippen molar-refractivity contribution in [1.82, 2.24) is 25.1 Å². The van der Waals surface area contributed by atoms with Gasteiger partial charge in [0.1, 0.15) is 5.82 Å². The van der Waals surface area contributed by atoms with E-state index < -0.39 is 0 Å². The average Bonchev–Trinajstić information content (AvgIpc) is 2.64. The standard InChI is InChI=1S/C8H10N6O/c1-5-2-9-7(10-3-5)11-4-6-12-8(15)14-13-6/h2-3H,4H2,1H3,(H,9,10,11)(H2,12,13,14,15). The maximum Gasteiger partial charge on any atom is 0.340 e. The summed E-state index contributed by atoms with van der Waals surface area (Å²) in [6.45, 7) is 2.29. The Morgan fingerprint density at radius 2 is 2.13 bits per heavy atom. The molecule has 0 aliphatic heterocycles. The summed E-state index contributed by atoms with van der Waals surface area (Å²) in [6, 6.07) is 0. The van der Waals surface area contributed by atoms with Crippen LogP contribution in [0.2, 0.25) is 0 Å². The quantitative estimate of drug-likeness (QED) is 0.646. The average molecular weight is 206 g/mol. The third-order valence-corrected chi connectivity index (χ3v) is 1.75. The maximum absolute atomic E-state index is 10.7. The van der Waals surface area contributed by atoms with Crippen LogP contribution >= 0.6 is 0 Å². The molecule has 0 saturated carbocycles. The number of aromatic nitrogens is 5. The van der Waals surface area contributed by atoms with Crippen LogP contribution in [0.25, 0.3) is 0 Å². The van der Waals surface area contributed by atoms with Crippen LogP contribution < -0.4 is 11.0 Å². The first-order valence-corrected chi connectivity index (χ1v) is 4.40. The van der Waals surface area contributed by atoms with Gasteiger partial charge >= 0.3 is 5.69 Å². The van der Waals surface area contributed by atoms with Gasteiger partial charge in [0.2, 0.25) is 5.95 Å². The lowest BCUT2D eigenvalue weighted by molar-refractivity contribution is 0.933. The third-order valence-electron chi connectivity index (χ3n) is 1.75. The second-order valence-corrected chi connectivity index (χ2v) is 3.06. The van der Waals surface area contributed by atoms with E-state index in [1.54, 1.807) is 12.4 Å². The zero-order valence-corrected chi connectivity index (χ0v) is 8.11. The van der Waals surface area contributed by atoms with Gasteiger partial charge in [0.05, 0.1) is 6.54 Å². The van der Waals surface area contributed by atoms with Crippen LogP contribution in [-0.4, -0.2) is 25.1 Å². The summed E-state index contributed by atoms with van der Waals surface area (Å²) < 4.78 is 0. The van der Waals surface area contributed by atoms with E-state index in [-0.39, 0.29) is 5.69 Å². The summed E-state index contributed by atoms with van der Waals surface area (Å²) >= 11 is 0. The van der Waals surface area contributed by atoms with Gasteiger partial charge in [0, 0.05) is 12.4 Å². The van der Waals surface area contributed by atoms with Gasteiger partial charge < -0.3 is 5.32 Å². The molecular formula is C8H10N6O. The number of hydrogen-bond acceptors (Lipinski definition) is 5.